The SMILES string of the molecule is CCOCCN1CCC2(CC1)OC2C. The lowest BCUT2D eigenvalue weighted by atomic mass is 9.94. The van der Waals surface area contributed by atoms with Crippen LogP contribution >= 0.6 is 0 Å². The summed E-state index contributed by atoms with van der Waals surface area (Å²) in [6.45, 7) is 9.38. The van der Waals surface area contributed by atoms with Crippen LogP contribution in [0, 0.1) is 0 Å². The largest absolute Gasteiger partial charge is 0.380 e. The van der Waals surface area contributed by atoms with E-state index in [4.69, 9.17) is 9.47 Å². The Morgan fingerprint density at radius 2 is 2.07 bits per heavy atom. The van der Waals surface area contributed by atoms with Crippen molar-refractivity contribution in [1.29, 1.82) is 0 Å². The van der Waals surface area contributed by atoms with Crippen molar-refractivity contribution in [3.05, 3.63) is 0 Å². The van der Waals surface area contributed by atoms with Crippen LogP contribution in [-0.4, -0.2) is 49.5 Å². The maximum absolute atomic E-state index is 5.66. The highest BCUT2D eigenvalue weighted by atomic mass is 16.6. The van der Waals surface area contributed by atoms with Gasteiger partial charge in [0.1, 0.15) is 0 Å². The summed E-state index contributed by atoms with van der Waals surface area (Å²) < 4.78 is 11.0. The van der Waals surface area contributed by atoms with Gasteiger partial charge in [0.25, 0.3) is 0 Å². The lowest BCUT2D eigenvalue weighted by molar-refractivity contribution is 0.0871. The van der Waals surface area contributed by atoms with Crippen molar-refractivity contribution in [3.63, 3.8) is 0 Å². The van der Waals surface area contributed by atoms with E-state index >= 15 is 0 Å². The number of likely N-dealkylation sites (tertiary alicyclic amines) is 1. The van der Waals surface area contributed by atoms with Gasteiger partial charge in [-0.2, -0.15) is 0 Å². The highest BCUT2D eigenvalue weighted by Crippen LogP contribution is 2.44. The summed E-state index contributed by atoms with van der Waals surface area (Å²) in [7, 11) is 0. The minimum absolute atomic E-state index is 0.280. The van der Waals surface area contributed by atoms with Crippen LogP contribution in [0.15, 0.2) is 0 Å². The Hall–Kier alpha value is -0.120. The van der Waals surface area contributed by atoms with E-state index in [0.717, 1.165) is 19.8 Å². The minimum Gasteiger partial charge on any atom is -0.380 e. The molecule has 1 atom stereocenters. The van der Waals surface area contributed by atoms with Crippen LogP contribution in [0.2, 0.25) is 0 Å². The number of nitrogens with zero attached hydrogens (tertiary/aromatic N) is 1. The molecule has 14 heavy (non-hydrogen) atoms. The normalized spacial score (nSPS) is 30.9. The molecule has 2 heterocycles. The first-order valence-corrected chi connectivity index (χ1v) is 5.75. The van der Waals surface area contributed by atoms with Crippen molar-refractivity contribution < 1.29 is 9.47 Å². The molecule has 0 saturated carbocycles. The summed E-state index contributed by atoms with van der Waals surface area (Å²) in [6.07, 6.45) is 2.93. The van der Waals surface area contributed by atoms with Crippen LogP contribution < -0.4 is 0 Å². The zero-order valence-corrected chi connectivity index (χ0v) is 9.29. The predicted octanol–water partition coefficient (Wildman–Crippen LogP) is 1.28. The van der Waals surface area contributed by atoms with Gasteiger partial charge in [0.05, 0.1) is 18.3 Å². The molecular weight excluding hydrogens is 178 g/mol. The van der Waals surface area contributed by atoms with Crippen molar-refractivity contribution in [1.82, 2.24) is 4.90 Å². The van der Waals surface area contributed by atoms with E-state index < -0.39 is 0 Å². The van der Waals surface area contributed by atoms with E-state index in [-0.39, 0.29) is 5.60 Å². The Balaban J connectivity index is 1.64. The summed E-state index contributed by atoms with van der Waals surface area (Å²) in [5.74, 6) is 0. The smallest absolute Gasteiger partial charge is 0.0969 e. The Kier molecular flexibility index (Phi) is 3.10. The Bertz CT molecular complexity index is 188. The first-order valence-electron chi connectivity index (χ1n) is 5.75. The van der Waals surface area contributed by atoms with E-state index in [9.17, 15) is 0 Å². The zero-order chi connectivity index (χ0) is 10.0. The maximum Gasteiger partial charge on any atom is 0.0969 e. The molecule has 1 spiro atoms. The fraction of sp³-hybridized carbons (Fsp3) is 1.00. The molecular formula is C11H21NO2. The van der Waals surface area contributed by atoms with Gasteiger partial charge in [0.15, 0.2) is 0 Å². The number of hydrogen-bond acceptors (Lipinski definition) is 3. The highest BCUT2D eigenvalue weighted by molar-refractivity contribution is 5.03. The Morgan fingerprint density at radius 3 is 2.57 bits per heavy atom. The topological polar surface area (TPSA) is 25.0 Å². The molecule has 0 aromatic heterocycles. The van der Waals surface area contributed by atoms with Gasteiger partial charge in [-0.25, -0.2) is 0 Å². The van der Waals surface area contributed by atoms with Gasteiger partial charge < -0.3 is 14.4 Å². The first-order chi connectivity index (χ1) is 6.77. The molecule has 2 saturated heterocycles. The van der Waals surface area contributed by atoms with Gasteiger partial charge in [-0.1, -0.05) is 0 Å². The second-order valence-electron chi connectivity index (χ2n) is 4.36. The third kappa shape index (κ3) is 2.10. The number of ether oxygens (including phenoxy) is 2. The molecule has 0 radical (unpaired) electrons. The Morgan fingerprint density at radius 1 is 1.43 bits per heavy atom. The number of rotatable bonds is 4. The summed E-state index contributed by atoms with van der Waals surface area (Å²) in [6, 6.07) is 0. The molecule has 3 heteroatoms. The fourth-order valence-electron chi connectivity index (χ4n) is 2.34. The molecule has 0 N–H and O–H groups in total. The average molecular weight is 199 g/mol. The van der Waals surface area contributed by atoms with Gasteiger partial charge in [-0.05, 0) is 26.7 Å². The number of piperidine rings is 1. The van der Waals surface area contributed by atoms with Crippen LogP contribution in [0.5, 0.6) is 0 Å². The number of hydrogen-bond donors (Lipinski definition) is 0. The van der Waals surface area contributed by atoms with Crippen molar-refractivity contribution in [2.24, 2.45) is 0 Å². The molecule has 2 aliphatic rings. The monoisotopic (exact) mass is 199 g/mol. The van der Waals surface area contributed by atoms with Crippen molar-refractivity contribution in [2.45, 2.75) is 38.4 Å². The van der Waals surface area contributed by atoms with Gasteiger partial charge in [-0.15, -0.1) is 0 Å². The molecule has 0 bridgehead atoms. The summed E-state index contributed by atoms with van der Waals surface area (Å²) >= 11 is 0. The molecule has 0 aliphatic carbocycles. The molecule has 82 valence electrons. The number of epoxide rings is 1. The zero-order valence-electron chi connectivity index (χ0n) is 9.29. The van der Waals surface area contributed by atoms with Crippen LogP contribution in [-0.2, 0) is 9.47 Å². The van der Waals surface area contributed by atoms with E-state index in [2.05, 4.69) is 11.8 Å². The third-order valence-electron chi connectivity index (χ3n) is 3.55. The first kappa shape index (κ1) is 10.4. The second-order valence-corrected chi connectivity index (χ2v) is 4.36. The molecule has 0 aromatic carbocycles. The summed E-state index contributed by atoms with van der Waals surface area (Å²) in [5, 5.41) is 0. The lowest BCUT2D eigenvalue weighted by Crippen LogP contribution is -2.40. The molecule has 2 aliphatic heterocycles. The van der Waals surface area contributed by atoms with E-state index in [0.29, 0.717) is 6.10 Å². The van der Waals surface area contributed by atoms with E-state index in [1.54, 1.807) is 0 Å². The fourth-order valence-corrected chi connectivity index (χ4v) is 2.34. The third-order valence-corrected chi connectivity index (χ3v) is 3.55. The van der Waals surface area contributed by atoms with Gasteiger partial charge in [-0.3, -0.25) is 0 Å². The van der Waals surface area contributed by atoms with Crippen LogP contribution in [0.3, 0.4) is 0 Å². The molecule has 1 unspecified atom stereocenters. The molecule has 0 aromatic rings. The van der Waals surface area contributed by atoms with Crippen molar-refractivity contribution in [2.75, 3.05) is 32.8 Å². The maximum atomic E-state index is 5.66. The van der Waals surface area contributed by atoms with Crippen molar-refractivity contribution >= 4 is 0 Å². The lowest BCUT2D eigenvalue weighted by Gasteiger charge is -2.30. The minimum atomic E-state index is 0.280. The average Bonchev–Trinajstić information content (AvgIpc) is 2.81. The van der Waals surface area contributed by atoms with E-state index in [1.165, 1.54) is 25.9 Å². The summed E-state index contributed by atoms with van der Waals surface area (Å²) in [5.41, 5.74) is 0.280. The second kappa shape index (κ2) is 4.17. The van der Waals surface area contributed by atoms with Crippen LogP contribution in [0.4, 0.5) is 0 Å². The van der Waals surface area contributed by atoms with Gasteiger partial charge >= 0.3 is 0 Å². The molecule has 0 amide bonds. The predicted molar refractivity (Wildman–Crippen MR) is 55.4 cm³/mol. The standard InChI is InChI=1S/C11H21NO2/c1-3-13-9-8-12-6-4-11(5-7-12)10(2)14-11/h10H,3-9H2,1-2H3. The quantitative estimate of drug-likeness (QED) is 0.503. The van der Waals surface area contributed by atoms with Gasteiger partial charge in [0.2, 0.25) is 0 Å². The van der Waals surface area contributed by atoms with Gasteiger partial charge in [0, 0.05) is 26.2 Å². The Labute approximate surface area is 86.4 Å². The van der Waals surface area contributed by atoms with Crippen molar-refractivity contribution in [3.8, 4) is 0 Å². The molecule has 3 nitrogen and oxygen atoms in total. The molecule has 2 fully saturated rings. The van der Waals surface area contributed by atoms with Crippen LogP contribution in [0.25, 0.3) is 0 Å². The van der Waals surface area contributed by atoms with Crippen LogP contribution in [0.1, 0.15) is 26.7 Å². The van der Waals surface area contributed by atoms with E-state index in [1.807, 2.05) is 6.92 Å². The summed E-state index contributed by atoms with van der Waals surface area (Å²) in [4.78, 5) is 2.48. The molecule has 2 rings (SSSR count). The highest BCUT2D eigenvalue weighted by Gasteiger charge is 2.53.